The van der Waals surface area contributed by atoms with Crippen LogP contribution in [0.25, 0.3) is 0 Å². The molecule has 0 aromatic heterocycles. The number of aryl methyl sites for hydroxylation is 1. The average molecular weight is 308 g/mol. The van der Waals surface area contributed by atoms with E-state index in [0.717, 1.165) is 28.6 Å². The molecule has 0 bridgehead atoms. The summed E-state index contributed by atoms with van der Waals surface area (Å²) in [4.78, 5) is 0. The molecule has 2 rings (SSSR count). The molecular formula is C17H19Cl2N. The van der Waals surface area contributed by atoms with E-state index in [-0.39, 0.29) is 6.04 Å². The van der Waals surface area contributed by atoms with Gasteiger partial charge in [0.1, 0.15) is 0 Å². The van der Waals surface area contributed by atoms with Gasteiger partial charge in [0.15, 0.2) is 0 Å². The van der Waals surface area contributed by atoms with Gasteiger partial charge in [0.05, 0.1) is 6.04 Å². The van der Waals surface area contributed by atoms with Crippen molar-refractivity contribution < 1.29 is 0 Å². The third-order valence-corrected chi connectivity index (χ3v) is 3.99. The highest BCUT2D eigenvalue weighted by Crippen LogP contribution is 2.26. The molecule has 3 heteroatoms. The molecule has 1 unspecified atom stereocenters. The molecule has 2 aromatic carbocycles. The normalized spacial score (nSPS) is 12.4. The average Bonchev–Trinajstić information content (AvgIpc) is 2.45. The van der Waals surface area contributed by atoms with E-state index in [1.54, 1.807) is 0 Å². The van der Waals surface area contributed by atoms with Gasteiger partial charge in [-0.3, -0.25) is 0 Å². The fourth-order valence-corrected chi connectivity index (χ4v) is 2.46. The van der Waals surface area contributed by atoms with E-state index in [4.69, 9.17) is 23.2 Å². The Morgan fingerprint density at radius 1 is 1.00 bits per heavy atom. The molecular weight excluding hydrogens is 289 g/mol. The maximum Gasteiger partial charge on any atom is 0.0576 e. The van der Waals surface area contributed by atoms with Gasteiger partial charge >= 0.3 is 0 Å². The lowest BCUT2D eigenvalue weighted by Crippen LogP contribution is -2.23. The first-order chi connectivity index (χ1) is 9.61. The molecule has 0 fully saturated rings. The molecule has 0 saturated heterocycles. The van der Waals surface area contributed by atoms with E-state index in [9.17, 15) is 0 Å². The van der Waals surface area contributed by atoms with E-state index in [1.807, 2.05) is 25.1 Å². The second-order valence-electron chi connectivity index (χ2n) is 4.95. The van der Waals surface area contributed by atoms with Crippen molar-refractivity contribution >= 4 is 23.2 Å². The Labute approximate surface area is 130 Å². The number of halogens is 2. The topological polar surface area (TPSA) is 12.0 Å². The lowest BCUT2D eigenvalue weighted by molar-refractivity contribution is 0.598. The number of benzene rings is 2. The molecule has 106 valence electrons. The number of hydrogen-bond acceptors (Lipinski definition) is 1. The van der Waals surface area contributed by atoms with Crippen molar-refractivity contribution in [1.29, 1.82) is 0 Å². The Hall–Kier alpha value is -1.02. The highest BCUT2D eigenvalue weighted by Gasteiger charge is 2.14. The molecule has 1 nitrogen and oxygen atoms in total. The quantitative estimate of drug-likeness (QED) is 0.780. The summed E-state index contributed by atoms with van der Waals surface area (Å²) in [5.74, 6) is 0. The lowest BCUT2D eigenvalue weighted by atomic mass is 9.97. The predicted molar refractivity (Wildman–Crippen MR) is 87.8 cm³/mol. The fourth-order valence-electron chi connectivity index (χ4n) is 2.22. The maximum absolute atomic E-state index is 6.12. The van der Waals surface area contributed by atoms with Crippen LogP contribution < -0.4 is 5.32 Å². The summed E-state index contributed by atoms with van der Waals surface area (Å²) in [7, 11) is 0. The van der Waals surface area contributed by atoms with Crippen LogP contribution in [0.1, 0.15) is 36.1 Å². The van der Waals surface area contributed by atoms with Gasteiger partial charge in [-0.15, -0.1) is 0 Å². The zero-order chi connectivity index (χ0) is 14.5. The van der Waals surface area contributed by atoms with E-state index in [1.165, 1.54) is 11.1 Å². The predicted octanol–water partition coefficient (Wildman–Crippen LogP) is 5.39. The van der Waals surface area contributed by atoms with Crippen molar-refractivity contribution in [3.63, 3.8) is 0 Å². The Morgan fingerprint density at radius 3 is 2.25 bits per heavy atom. The van der Waals surface area contributed by atoms with Crippen molar-refractivity contribution in [3.8, 4) is 0 Å². The van der Waals surface area contributed by atoms with Crippen LogP contribution in [0, 0.1) is 6.92 Å². The summed E-state index contributed by atoms with van der Waals surface area (Å²) in [6, 6.07) is 14.4. The van der Waals surface area contributed by atoms with Gasteiger partial charge in [0.2, 0.25) is 0 Å². The van der Waals surface area contributed by atoms with Crippen molar-refractivity contribution in [1.82, 2.24) is 5.32 Å². The zero-order valence-electron chi connectivity index (χ0n) is 11.8. The van der Waals surface area contributed by atoms with Crippen molar-refractivity contribution in [2.24, 2.45) is 0 Å². The second-order valence-corrected chi connectivity index (χ2v) is 5.79. The lowest BCUT2D eigenvalue weighted by Gasteiger charge is -2.20. The van der Waals surface area contributed by atoms with Gasteiger partial charge in [0.25, 0.3) is 0 Å². The summed E-state index contributed by atoms with van der Waals surface area (Å²) in [6.07, 6.45) is 1.09. The largest absolute Gasteiger partial charge is 0.306 e. The standard InChI is InChI=1S/C17H19Cl2N/c1-3-10-20-17(13-4-7-15(18)8-5-13)14-6-9-16(19)12(2)11-14/h4-9,11,17,20H,3,10H2,1-2H3. The van der Waals surface area contributed by atoms with Gasteiger partial charge in [-0.2, -0.15) is 0 Å². The minimum Gasteiger partial charge on any atom is -0.306 e. The van der Waals surface area contributed by atoms with Crippen molar-refractivity contribution in [3.05, 3.63) is 69.2 Å². The molecule has 0 saturated carbocycles. The molecule has 0 heterocycles. The summed E-state index contributed by atoms with van der Waals surface area (Å²) in [5.41, 5.74) is 3.54. The fraction of sp³-hybridized carbons (Fsp3) is 0.294. The van der Waals surface area contributed by atoms with E-state index in [2.05, 4.69) is 36.5 Å². The third-order valence-electron chi connectivity index (χ3n) is 3.32. The van der Waals surface area contributed by atoms with E-state index in [0.29, 0.717) is 0 Å². The number of hydrogen-bond donors (Lipinski definition) is 1. The monoisotopic (exact) mass is 307 g/mol. The van der Waals surface area contributed by atoms with Crippen LogP contribution >= 0.6 is 23.2 Å². The molecule has 0 aliphatic rings. The summed E-state index contributed by atoms with van der Waals surface area (Å²) in [6.45, 7) is 5.17. The molecule has 20 heavy (non-hydrogen) atoms. The molecule has 0 spiro atoms. The first-order valence-electron chi connectivity index (χ1n) is 6.86. The van der Waals surface area contributed by atoms with Gasteiger partial charge in [0, 0.05) is 10.0 Å². The first-order valence-corrected chi connectivity index (χ1v) is 7.62. The Bertz CT molecular complexity index is 564. The number of rotatable bonds is 5. The first kappa shape index (κ1) is 15.4. The van der Waals surface area contributed by atoms with Crippen LogP contribution in [0.5, 0.6) is 0 Å². The molecule has 2 aromatic rings. The minimum atomic E-state index is 0.170. The molecule has 1 atom stereocenters. The van der Waals surface area contributed by atoms with Crippen LogP contribution in [0.4, 0.5) is 0 Å². The highest BCUT2D eigenvalue weighted by atomic mass is 35.5. The zero-order valence-corrected chi connectivity index (χ0v) is 13.3. The number of nitrogens with one attached hydrogen (secondary N) is 1. The smallest absolute Gasteiger partial charge is 0.0576 e. The van der Waals surface area contributed by atoms with Crippen LogP contribution in [-0.2, 0) is 0 Å². The summed E-state index contributed by atoms with van der Waals surface area (Å²) >= 11 is 12.1. The summed E-state index contributed by atoms with van der Waals surface area (Å²) < 4.78 is 0. The van der Waals surface area contributed by atoms with Crippen molar-refractivity contribution in [2.45, 2.75) is 26.3 Å². The molecule has 0 radical (unpaired) electrons. The maximum atomic E-state index is 6.12. The molecule has 0 aliphatic carbocycles. The Morgan fingerprint density at radius 2 is 1.65 bits per heavy atom. The van der Waals surface area contributed by atoms with Gasteiger partial charge < -0.3 is 5.32 Å². The Kier molecular flexibility index (Phi) is 5.47. The van der Waals surface area contributed by atoms with Crippen LogP contribution in [0.3, 0.4) is 0 Å². The summed E-state index contributed by atoms with van der Waals surface area (Å²) in [5, 5.41) is 5.15. The SMILES string of the molecule is CCCNC(c1ccc(Cl)cc1)c1ccc(Cl)c(C)c1. The van der Waals surface area contributed by atoms with Crippen molar-refractivity contribution in [2.75, 3.05) is 6.54 Å². The molecule has 0 amide bonds. The van der Waals surface area contributed by atoms with E-state index < -0.39 is 0 Å². The van der Waals surface area contributed by atoms with Crippen LogP contribution in [0.15, 0.2) is 42.5 Å². The van der Waals surface area contributed by atoms with Crippen LogP contribution in [-0.4, -0.2) is 6.54 Å². The van der Waals surface area contributed by atoms with Gasteiger partial charge in [-0.05, 0) is 54.8 Å². The highest BCUT2D eigenvalue weighted by molar-refractivity contribution is 6.31. The second kappa shape index (κ2) is 7.12. The third kappa shape index (κ3) is 3.76. The van der Waals surface area contributed by atoms with E-state index >= 15 is 0 Å². The molecule has 0 aliphatic heterocycles. The minimum absolute atomic E-state index is 0.170. The Balaban J connectivity index is 2.35. The van der Waals surface area contributed by atoms with Gasteiger partial charge in [-0.25, -0.2) is 0 Å². The van der Waals surface area contributed by atoms with Gasteiger partial charge in [-0.1, -0.05) is 54.4 Å². The van der Waals surface area contributed by atoms with Crippen LogP contribution in [0.2, 0.25) is 10.0 Å². The molecule has 1 N–H and O–H groups in total.